The normalized spacial score (nSPS) is 11.1. The number of sulfonamides is 1. The number of hydrogen-bond donors (Lipinski definition) is 2. The Hall–Kier alpha value is -0.980. The zero-order valence-corrected chi connectivity index (χ0v) is 10.1. The molecule has 0 aliphatic carbocycles. The standard InChI is InChI=1S/C8H7Cl2NO4S/c9-5-2-1-3-6(10)8(5)11-16(14,15)4-7(12)13/h1-3,11H,4H2,(H,12,13). The fraction of sp³-hybridized carbons (Fsp3) is 0.125. The lowest BCUT2D eigenvalue weighted by molar-refractivity contribution is -0.134. The molecule has 0 saturated heterocycles. The second-order valence-corrected chi connectivity index (χ2v) is 5.39. The predicted molar refractivity (Wildman–Crippen MR) is 61.5 cm³/mol. The molecule has 0 saturated carbocycles. The zero-order valence-electron chi connectivity index (χ0n) is 7.78. The molecule has 1 aromatic carbocycles. The molecule has 0 atom stereocenters. The van der Waals surface area contributed by atoms with Crippen molar-refractivity contribution < 1.29 is 18.3 Å². The van der Waals surface area contributed by atoms with Crippen LogP contribution in [0.5, 0.6) is 0 Å². The number of carboxylic acids is 1. The number of aliphatic carboxylic acids is 1. The summed E-state index contributed by atoms with van der Waals surface area (Å²) in [6.45, 7) is 0. The van der Waals surface area contributed by atoms with Crippen molar-refractivity contribution in [1.82, 2.24) is 0 Å². The molecule has 0 radical (unpaired) electrons. The number of halogens is 2. The van der Waals surface area contributed by atoms with Gasteiger partial charge in [-0.1, -0.05) is 29.3 Å². The molecule has 1 aromatic rings. The second-order valence-electron chi connectivity index (χ2n) is 2.85. The smallest absolute Gasteiger partial charge is 0.320 e. The van der Waals surface area contributed by atoms with Crippen LogP contribution in [0.2, 0.25) is 10.0 Å². The molecule has 1 rings (SSSR count). The summed E-state index contributed by atoms with van der Waals surface area (Å²) in [4.78, 5) is 10.3. The Bertz CT molecular complexity index is 495. The van der Waals surface area contributed by atoms with Crippen molar-refractivity contribution in [3.05, 3.63) is 28.2 Å². The van der Waals surface area contributed by atoms with Gasteiger partial charge in [0.05, 0.1) is 15.7 Å². The van der Waals surface area contributed by atoms with E-state index in [1.165, 1.54) is 12.1 Å². The predicted octanol–water partition coefficient (Wildman–Crippen LogP) is 1.82. The van der Waals surface area contributed by atoms with Gasteiger partial charge in [-0.25, -0.2) is 8.42 Å². The number of carbonyl (C=O) groups is 1. The highest BCUT2D eigenvalue weighted by Crippen LogP contribution is 2.30. The molecule has 0 spiro atoms. The molecule has 16 heavy (non-hydrogen) atoms. The molecule has 88 valence electrons. The molecule has 0 fully saturated rings. The van der Waals surface area contributed by atoms with E-state index < -0.39 is 21.7 Å². The molecule has 0 aliphatic rings. The molecule has 0 heterocycles. The van der Waals surface area contributed by atoms with E-state index >= 15 is 0 Å². The maximum Gasteiger partial charge on any atom is 0.320 e. The highest BCUT2D eigenvalue weighted by Gasteiger charge is 2.18. The monoisotopic (exact) mass is 283 g/mol. The van der Waals surface area contributed by atoms with Crippen LogP contribution in [-0.4, -0.2) is 25.2 Å². The van der Waals surface area contributed by atoms with Gasteiger partial charge in [-0.2, -0.15) is 0 Å². The summed E-state index contributed by atoms with van der Waals surface area (Å²) < 4.78 is 24.6. The van der Waals surface area contributed by atoms with Crippen LogP contribution in [0.25, 0.3) is 0 Å². The molecule has 5 nitrogen and oxygen atoms in total. The Labute approximate surface area is 102 Å². The van der Waals surface area contributed by atoms with Gasteiger partial charge in [0.25, 0.3) is 0 Å². The van der Waals surface area contributed by atoms with Gasteiger partial charge in [0, 0.05) is 0 Å². The van der Waals surface area contributed by atoms with Crippen molar-refractivity contribution in [3.8, 4) is 0 Å². The Balaban J connectivity index is 3.01. The fourth-order valence-electron chi connectivity index (χ4n) is 0.949. The number of anilines is 1. The van der Waals surface area contributed by atoms with Crippen molar-refractivity contribution in [3.63, 3.8) is 0 Å². The van der Waals surface area contributed by atoms with E-state index in [9.17, 15) is 13.2 Å². The van der Waals surface area contributed by atoms with Crippen LogP contribution in [0.3, 0.4) is 0 Å². The van der Waals surface area contributed by atoms with Crippen molar-refractivity contribution in [2.45, 2.75) is 0 Å². The van der Waals surface area contributed by atoms with E-state index in [0.717, 1.165) is 0 Å². The second kappa shape index (κ2) is 4.90. The Kier molecular flexibility index (Phi) is 4.01. The summed E-state index contributed by atoms with van der Waals surface area (Å²) in [5.41, 5.74) is -0.0212. The first-order valence-corrected chi connectivity index (χ1v) is 6.39. The van der Waals surface area contributed by atoms with E-state index in [-0.39, 0.29) is 15.7 Å². The van der Waals surface area contributed by atoms with Crippen molar-refractivity contribution in [1.29, 1.82) is 0 Å². The topological polar surface area (TPSA) is 83.5 Å². The number of nitrogens with one attached hydrogen (secondary N) is 1. The average molecular weight is 284 g/mol. The summed E-state index contributed by atoms with van der Waals surface area (Å²) in [5, 5.41) is 8.58. The molecule has 0 aromatic heterocycles. The third kappa shape index (κ3) is 3.55. The van der Waals surface area contributed by atoms with E-state index in [0.29, 0.717) is 0 Å². The van der Waals surface area contributed by atoms with Gasteiger partial charge in [-0.3, -0.25) is 9.52 Å². The number of hydrogen-bond acceptors (Lipinski definition) is 3. The molecule has 0 amide bonds. The summed E-state index contributed by atoms with van der Waals surface area (Å²) in [6.07, 6.45) is 0. The van der Waals surface area contributed by atoms with Gasteiger partial charge in [-0.05, 0) is 12.1 Å². The quantitative estimate of drug-likeness (QED) is 0.883. The summed E-state index contributed by atoms with van der Waals surface area (Å²) >= 11 is 11.4. The minimum absolute atomic E-state index is 0.0212. The Morgan fingerprint density at radius 1 is 1.31 bits per heavy atom. The summed E-state index contributed by atoms with van der Waals surface area (Å²) in [5.74, 6) is -2.51. The van der Waals surface area contributed by atoms with E-state index in [1.54, 1.807) is 6.07 Å². The van der Waals surface area contributed by atoms with Crippen LogP contribution < -0.4 is 4.72 Å². The maximum absolute atomic E-state index is 11.3. The Morgan fingerprint density at radius 2 is 1.81 bits per heavy atom. The van der Waals surface area contributed by atoms with Gasteiger partial charge in [-0.15, -0.1) is 0 Å². The average Bonchev–Trinajstić information content (AvgIpc) is 2.09. The van der Waals surface area contributed by atoms with Crippen LogP contribution in [0, 0.1) is 0 Å². The largest absolute Gasteiger partial charge is 0.480 e. The van der Waals surface area contributed by atoms with Crippen LogP contribution >= 0.6 is 23.2 Å². The van der Waals surface area contributed by atoms with Gasteiger partial charge in [0.2, 0.25) is 10.0 Å². The maximum atomic E-state index is 11.3. The first-order chi connectivity index (χ1) is 7.32. The lowest BCUT2D eigenvalue weighted by Crippen LogP contribution is -2.22. The van der Waals surface area contributed by atoms with E-state index in [2.05, 4.69) is 0 Å². The number of carboxylic acid groups (broad SMARTS) is 1. The molecule has 0 aliphatic heterocycles. The SMILES string of the molecule is O=C(O)CS(=O)(=O)Nc1c(Cl)cccc1Cl. The van der Waals surface area contributed by atoms with Gasteiger partial charge >= 0.3 is 5.97 Å². The molecule has 2 N–H and O–H groups in total. The lowest BCUT2D eigenvalue weighted by atomic mass is 10.3. The number of para-hydroxylation sites is 1. The minimum Gasteiger partial charge on any atom is -0.480 e. The van der Waals surface area contributed by atoms with E-state index in [4.69, 9.17) is 28.3 Å². The van der Waals surface area contributed by atoms with Crippen molar-refractivity contribution in [2.24, 2.45) is 0 Å². The zero-order chi connectivity index (χ0) is 12.3. The van der Waals surface area contributed by atoms with Crippen molar-refractivity contribution in [2.75, 3.05) is 10.5 Å². The third-order valence-corrected chi connectivity index (χ3v) is 3.31. The van der Waals surface area contributed by atoms with Crippen LogP contribution in [0.4, 0.5) is 5.69 Å². The highest BCUT2D eigenvalue weighted by atomic mass is 35.5. The molecular formula is C8H7Cl2NO4S. The Morgan fingerprint density at radius 3 is 2.25 bits per heavy atom. The highest BCUT2D eigenvalue weighted by molar-refractivity contribution is 7.93. The molecule has 0 unspecified atom stereocenters. The fourth-order valence-corrected chi connectivity index (χ4v) is 2.48. The summed E-state index contributed by atoms with van der Waals surface area (Å²) in [6, 6.07) is 4.41. The number of rotatable bonds is 4. The molecular weight excluding hydrogens is 277 g/mol. The lowest BCUT2D eigenvalue weighted by Gasteiger charge is -2.09. The van der Waals surface area contributed by atoms with Gasteiger partial charge in [0.15, 0.2) is 5.75 Å². The van der Waals surface area contributed by atoms with Crippen LogP contribution in [-0.2, 0) is 14.8 Å². The number of benzene rings is 1. The van der Waals surface area contributed by atoms with Crippen LogP contribution in [0.1, 0.15) is 0 Å². The first kappa shape index (κ1) is 13.1. The van der Waals surface area contributed by atoms with E-state index in [1.807, 2.05) is 4.72 Å². The van der Waals surface area contributed by atoms with Crippen LogP contribution in [0.15, 0.2) is 18.2 Å². The summed E-state index contributed by atoms with van der Waals surface area (Å²) in [7, 11) is -4.00. The molecule has 8 heteroatoms. The first-order valence-electron chi connectivity index (χ1n) is 3.98. The molecule has 0 bridgehead atoms. The minimum atomic E-state index is -4.00. The van der Waals surface area contributed by atoms with Gasteiger partial charge < -0.3 is 5.11 Å². The third-order valence-electron chi connectivity index (χ3n) is 1.53. The van der Waals surface area contributed by atoms with Crippen molar-refractivity contribution >= 4 is 44.9 Å². The van der Waals surface area contributed by atoms with Gasteiger partial charge in [0.1, 0.15) is 0 Å².